The summed E-state index contributed by atoms with van der Waals surface area (Å²) in [5.74, 6) is 0.873. The van der Waals surface area contributed by atoms with E-state index in [1.54, 1.807) is 25.2 Å². The Bertz CT molecular complexity index is 946. The van der Waals surface area contributed by atoms with Crippen molar-refractivity contribution in [1.29, 1.82) is 0 Å². The normalized spacial score (nSPS) is 15.6. The highest BCUT2D eigenvalue weighted by molar-refractivity contribution is 7.22. The van der Waals surface area contributed by atoms with Crippen LogP contribution in [0.15, 0.2) is 30.3 Å². The second-order valence-corrected chi connectivity index (χ2v) is 8.27. The number of fused-ring (bicyclic) bond motifs is 1. The maximum Gasteiger partial charge on any atom is 0.224 e. The molecule has 1 N–H and O–H groups in total. The van der Waals surface area contributed by atoms with Gasteiger partial charge in [-0.05, 0) is 48.7 Å². The summed E-state index contributed by atoms with van der Waals surface area (Å²) in [5, 5.41) is 10.6. The highest BCUT2D eigenvalue weighted by atomic mass is 35.5. The van der Waals surface area contributed by atoms with Gasteiger partial charge in [-0.1, -0.05) is 18.2 Å². The minimum Gasteiger partial charge on any atom is -0.386 e. The van der Waals surface area contributed by atoms with Gasteiger partial charge in [0.25, 0.3) is 0 Å². The summed E-state index contributed by atoms with van der Waals surface area (Å²) < 4.78 is 6.47. The molecule has 0 spiro atoms. The number of hydrogen-bond donors (Lipinski definition) is 1. The highest BCUT2D eigenvalue weighted by Crippen LogP contribution is 2.39. The summed E-state index contributed by atoms with van der Waals surface area (Å²) in [4.78, 5) is 12.2. The molecule has 26 heavy (non-hydrogen) atoms. The molecule has 4 rings (SSSR count). The number of benzene rings is 1. The second-order valence-electron chi connectivity index (χ2n) is 6.88. The maximum atomic E-state index is 10.3. The van der Waals surface area contributed by atoms with Crippen LogP contribution in [0.3, 0.4) is 0 Å². The molecule has 0 aliphatic carbocycles. The predicted octanol–water partition coefficient (Wildman–Crippen LogP) is 4.08. The Hall–Kier alpha value is -1.73. The number of thiophene rings is 1. The number of rotatable bonds is 3. The first-order chi connectivity index (χ1) is 12.4. The maximum absolute atomic E-state index is 10.3. The molecule has 1 aliphatic heterocycles. The van der Waals surface area contributed by atoms with Gasteiger partial charge in [-0.2, -0.15) is 4.98 Å². The van der Waals surface area contributed by atoms with Crippen molar-refractivity contribution in [1.82, 2.24) is 9.97 Å². The van der Waals surface area contributed by atoms with E-state index in [9.17, 15) is 5.11 Å². The molecule has 0 atom stereocenters. The number of halogens is 1. The van der Waals surface area contributed by atoms with Crippen LogP contribution < -0.4 is 4.90 Å². The van der Waals surface area contributed by atoms with E-state index in [4.69, 9.17) is 16.3 Å². The number of nitrogens with zero attached hydrogens (tertiary/aromatic N) is 3. The first-order valence-electron chi connectivity index (χ1n) is 8.55. The number of ether oxygens (including phenoxy) is 1. The van der Waals surface area contributed by atoms with E-state index in [0.717, 1.165) is 45.1 Å². The highest BCUT2D eigenvalue weighted by Gasteiger charge is 2.21. The molecule has 0 amide bonds. The van der Waals surface area contributed by atoms with Crippen molar-refractivity contribution in [2.24, 2.45) is 0 Å². The monoisotopic (exact) mass is 389 g/mol. The van der Waals surface area contributed by atoms with E-state index in [1.165, 1.54) is 0 Å². The average molecular weight is 390 g/mol. The van der Waals surface area contributed by atoms with Gasteiger partial charge in [-0.3, -0.25) is 0 Å². The van der Waals surface area contributed by atoms with Crippen LogP contribution in [0.2, 0.25) is 5.28 Å². The predicted molar refractivity (Wildman–Crippen MR) is 106 cm³/mol. The standard InChI is InChI=1S/C19H20ClN3O2S/c1-19(2,24)13-5-3-4-12(10-13)15-11-14-16(26-15)17(22-18(20)21-14)23-6-8-25-9-7-23/h3-5,10-11,24H,6-9H2,1-2H3. The van der Waals surface area contributed by atoms with Crippen LogP contribution >= 0.6 is 22.9 Å². The molecular weight excluding hydrogens is 370 g/mol. The van der Waals surface area contributed by atoms with E-state index in [2.05, 4.69) is 14.9 Å². The quantitative estimate of drug-likeness (QED) is 0.684. The summed E-state index contributed by atoms with van der Waals surface area (Å²) in [6, 6.07) is 10.0. The van der Waals surface area contributed by atoms with Gasteiger partial charge in [0, 0.05) is 18.0 Å². The van der Waals surface area contributed by atoms with Crippen molar-refractivity contribution < 1.29 is 9.84 Å². The smallest absolute Gasteiger partial charge is 0.224 e. The molecule has 3 heterocycles. The Morgan fingerprint density at radius 3 is 2.69 bits per heavy atom. The van der Waals surface area contributed by atoms with Gasteiger partial charge < -0.3 is 14.7 Å². The van der Waals surface area contributed by atoms with Gasteiger partial charge in [-0.25, -0.2) is 4.98 Å². The average Bonchev–Trinajstić information content (AvgIpc) is 3.05. The zero-order valence-electron chi connectivity index (χ0n) is 14.7. The van der Waals surface area contributed by atoms with Crippen LogP contribution in [-0.4, -0.2) is 41.4 Å². The Balaban J connectivity index is 1.81. The van der Waals surface area contributed by atoms with E-state index in [0.29, 0.717) is 13.2 Å². The first kappa shape index (κ1) is 17.7. The molecule has 3 aromatic rings. The van der Waals surface area contributed by atoms with Gasteiger partial charge in [0.15, 0.2) is 5.82 Å². The van der Waals surface area contributed by atoms with Crippen LogP contribution in [0.1, 0.15) is 19.4 Å². The molecule has 1 aromatic carbocycles. The summed E-state index contributed by atoms with van der Waals surface area (Å²) in [6.45, 7) is 6.55. The van der Waals surface area contributed by atoms with Gasteiger partial charge in [0.05, 0.1) is 29.0 Å². The minimum atomic E-state index is -0.880. The minimum absolute atomic E-state index is 0.258. The summed E-state index contributed by atoms with van der Waals surface area (Å²) in [7, 11) is 0. The Morgan fingerprint density at radius 1 is 1.19 bits per heavy atom. The zero-order valence-corrected chi connectivity index (χ0v) is 16.3. The van der Waals surface area contributed by atoms with Gasteiger partial charge in [0.1, 0.15) is 0 Å². The van der Waals surface area contributed by atoms with Crippen LogP contribution in [0.25, 0.3) is 20.7 Å². The summed E-state index contributed by atoms with van der Waals surface area (Å²) in [6.07, 6.45) is 0. The summed E-state index contributed by atoms with van der Waals surface area (Å²) in [5.41, 5.74) is 1.90. The molecule has 1 fully saturated rings. The van der Waals surface area contributed by atoms with Crippen molar-refractivity contribution in [3.63, 3.8) is 0 Å². The molecule has 2 aromatic heterocycles. The zero-order chi connectivity index (χ0) is 18.3. The Morgan fingerprint density at radius 2 is 1.96 bits per heavy atom. The van der Waals surface area contributed by atoms with Crippen molar-refractivity contribution in [2.45, 2.75) is 19.4 Å². The lowest BCUT2D eigenvalue weighted by Gasteiger charge is -2.28. The van der Waals surface area contributed by atoms with Crippen LogP contribution in [-0.2, 0) is 10.3 Å². The molecule has 5 nitrogen and oxygen atoms in total. The van der Waals surface area contributed by atoms with Crippen molar-refractivity contribution in [3.05, 3.63) is 41.2 Å². The van der Waals surface area contributed by atoms with Gasteiger partial charge >= 0.3 is 0 Å². The topological polar surface area (TPSA) is 58.5 Å². The fourth-order valence-corrected chi connectivity index (χ4v) is 4.35. The van der Waals surface area contributed by atoms with Crippen molar-refractivity contribution in [3.8, 4) is 10.4 Å². The summed E-state index contributed by atoms with van der Waals surface area (Å²) >= 11 is 7.83. The number of morpholine rings is 1. The van der Waals surface area contributed by atoms with E-state index in [-0.39, 0.29) is 5.28 Å². The Labute approximate surface area is 161 Å². The fourth-order valence-electron chi connectivity index (χ4n) is 3.07. The molecular formula is C19H20ClN3O2S. The third-order valence-electron chi connectivity index (χ3n) is 4.49. The number of hydrogen-bond acceptors (Lipinski definition) is 6. The SMILES string of the molecule is CC(C)(O)c1cccc(-c2cc3nc(Cl)nc(N4CCOCC4)c3s2)c1. The Kier molecular flexibility index (Phi) is 4.61. The number of anilines is 1. The lowest BCUT2D eigenvalue weighted by Crippen LogP contribution is -2.36. The van der Waals surface area contributed by atoms with E-state index in [1.807, 2.05) is 30.3 Å². The van der Waals surface area contributed by atoms with Crippen LogP contribution in [0.5, 0.6) is 0 Å². The van der Waals surface area contributed by atoms with Crippen molar-refractivity contribution >= 4 is 39.0 Å². The third kappa shape index (κ3) is 3.42. The molecule has 7 heteroatoms. The molecule has 0 unspecified atom stereocenters. The second kappa shape index (κ2) is 6.78. The number of aromatic nitrogens is 2. The fraction of sp³-hybridized carbons (Fsp3) is 0.368. The van der Waals surface area contributed by atoms with Gasteiger partial charge in [-0.15, -0.1) is 11.3 Å². The van der Waals surface area contributed by atoms with Crippen LogP contribution in [0.4, 0.5) is 5.82 Å². The molecule has 1 saturated heterocycles. The third-order valence-corrected chi connectivity index (χ3v) is 5.83. The number of aliphatic hydroxyl groups is 1. The van der Waals surface area contributed by atoms with Gasteiger partial charge in [0.2, 0.25) is 5.28 Å². The molecule has 0 bridgehead atoms. The van der Waals surface area contributed by atoms with E-state index >= 15 is 0 Å². The first-order valence-corrected chi connectivity index (χ1v) is 9.74. The lowest BCUT2D eigenvalue weighted by atomic mass is 9.96. The molecule has 0 radical (unpaired) electrons. The molecule has 136 valence electrons. The molecule has 1 aliphatic rings. The van der Waals surface area contributed by atoms with E-state index < -0.39 is 5.60 Å². The molecule has 0 saturated carbocycles. The lowest BCUT2D eigenvalue weighted by molar-refractivity contribution is 0.0786. The van der Waals surface area contributed by atoms with Crippen LogP contribution in [0, 0.1) is 0 Å². The largest absolute Gasteiger partial charge is 0.386 e. The van der Waals surface area contributed by atoms with Crippen molar-refractivity contribution in [2.75, 3.05) is 31.2 Å².